The number of benzene rings is 1. The number of carbonyl (C=O) groups excluding carboxylic acids is 1. The molecule has 0 spiro atoms. The van der Waals surface area contributed by atoms with Gasteiger partial charge >= 0.3 is 0 Å². The first kappa shape index (κ1) is 15.9. The molecule has 4 rings (SSSR count). The smallest absolute Gasteiger partial charge is 0.269 e. The molecule has 0 saturated carbocycles. The minimum atomic E-state index is -0.493. The molecule has 8 nitrogen and oxygen atoms in total. The summed E-state index contributed by atoms with van der Waals surface area (Å²) in [6, 6.07) is 11.4. The second kappa shape index (κ2) is 6.37. The predicted molar refractivity (Wildman–Crippen MR) is 97.3 cm³/mol. The number of aromatic nitrogens is 3. The Kier molecular flexibility index (Phi) is 3.90. The Hall–Kier alpha value is -3.59. The zero-order valence-electron chi connectivity index (χ0n) is 13.2. The highest BCUT2D eigenvalue weighted by molar-refractivity contribution is 7.13. The molecule has 0 fully saturated rings. The number of non-ortho nitro benzene ring substituents is 1. The first-order valence-electron chi connectivity index (χ1n) is 7.56. The van der Waals surface area contributed by atoms with Crippen molar-refractivity contribution in [2.45, 2.75) is 0 Å². The van der Waals surface area contributed by atoms with Crippen LogP contribution in [0.3, 0.4) is 0 Å². The van der Waals surface area contributed by atoms with E-state index < -0.39 is 4.92 Å². The highest BCUT2D eigenvalue weighted by Crippen LogP contribution is 2.25. The van der Waals surface area contributed by atoms with E-state index in [0.717, 1.165) is 10.6 Å². The maximum atomic E-state index is 12.6. The van der Waals surface area contributed by atoms with E-state index in [4.69, 9.17) is 0 Å². The molecule has 0 aliphatic rings. The minimum Gasteiger partial charge on any atom is -0.322 e. The molecule has 0 atom stereocenters. The van der Waals surface area contributed by atoms with Crippen LogP contribution in [0, 0.1) is 10.1 Å². The van der Waals surface area contributed by atoms with Crippen LogP contribution in [0.25, 0.3) is 16.2 Å². The third-order valence-electron chi connectivity index (χ3n) is 3.76. The zero-order valence-corrected chi connectivity index (χ0v) is 14.0. The van der Waals surface area contributed by atoms with Crippen molar-refractivity contribution >= 4 is 34.3 Å². The van der Waals surface area contributed by atoms with Crippen molar-refractivity contribution in [2.75, 3.05) is 5.32 Å². The molecule has 0 unspecified atom stereocenters. The first-order chi connectivity index (χ1) is 12.6. The van der Waals surface area contributed by atoms with E-state index in [2.05, 4.69) is 15.4 Å². The van der Waals surface area contributed by atoms with Crippen LogP contribution < -0.4 is 5.32 Å². The van der Waals surface area contributed by atoms with E-state index >= 15 is 0 Å². The van der Waals surface area contributed by atoms with Gasteiger partial charge in [0.1, 0.15) is 5.56 Å². The Morgan fingerprint density at radius 3 is 2.69 bits per heavy atom. The number of nitrogens with one attached hydrogen (secondary N) is 1. The van der Waals surface area contributed by atoms with E-state index in [1.165, 1.54) is 30.5 Å². The Morgan fingerprint density at radius 1 is 1.19 bits per heavy atom. The molecule has 1 aromatic carbocycles. The molecule has 3 aromatic heterocycles. The number of nitro groups is 1. The van der Waals surface area contributed by atoms with E-state index in [0.29, 0.717) is 16.9 Å². The van der Waals surface area contributed by atoms with E-state index in [-0.39, 0.29) is 11.6 Å². The van der Waals surface area contributed by atoms with E-state index in [1.54, 1.807) is 22.0 Å². The standard InChI is InChI=1S/C17H11N5O3S/c23-17(20-11-3-5-12(6-4-11)22(24)25)13-10-19-21-14(7-8-18-16(13)21)15-2-1-9-26-15/h1-10H,(H,20,23). The Balaban J connectivity index is 1.65. The van der Waals surface area contributed by atoms with Crippen LogP contribution >= 0.6 is 11.3 Å². The van der Waals surface area contributed by atoms with Gasteiger partial charge in [0.05, 0.1) is 21.7 Å². The van der Waals surface area contributed by atoms with E-state index in [1.807, 2.05) is 23.6 Å². The summed E-state index contributed by atoms with van der Waals surface area (Å²) in [4.78, 5) is 28.1. The van der Waals surface area contributed by atoms with Crippen LogP contribution in [-0.4, -0.2) is 25.4 Å². The molecule has 3 heterocycles. The van der Waals surface area contributed by atoms with Crippen molar-refractivity contribution in [3.8, 4) is 10.6 Å². The Bertz CT molecular complexity index is 1100. The van der Waals surface area contributed by atoms with E-state index in [9.17, 15) is 14.9 Å². The molecule has 1 amide bonds. The monoisotopic (exact) mass is 365 g/mol. The maximum absolute atomic E-state index is 12.6. The summed E-state index contributed by atoms with van der Waals surface area (Å²) in [7, 11) is 0. The quantitative estimate of drug-likeness (QED) is 0.439. The van der Waals surface area contributed by atoms with Crippen LogP contribution in [0.2, 0.25) is 0 Å². The summed E-state index contributed by atoms with van der Waals surface area (Å²) < 4.78 is 1.62. The Labute approximate surface area is 150 Å². The van der Waals surface area contributed by atoms with Gasteiger partial charge in [-0.25, -0.2) is 9.50 Å². The van der Waals surface area contributed by atoms with Crippen molar-refractivity contribution in [1.82, 2.24) is 14.6 Å². The number of anilines is 1. The van der Waals surface area contributed by atoms with Crippen molar-refractivity contribution in [2.24, 2.45) is 0 Å². The number of hydrogen-bond acceptors (Lipinski definition) is 6. The molecule has 0 aliphatic carbocycles. The van der Waals surface area contributed by atoms with Crippen molar-refractivity contribution in [1.29, 1.82) is 0 Å². The van der Waals surface area contributed by atoms with Crippen LogP contribution in [0.5, 0.6) is 0 Å². The number of carbonyl (C=O) groups is 1. The van der Waals surface area contributed by atoms with Gasteiger partial charge in [0.25, 0.3) is 11.6 Å². The Morgan fingerprint density at radius 2 is 2.00 bits per heavy atom. The average Bonchev–Trinajstić information content (AvgIpc) is 3.31. The number of thiophene rings is 1. The average molecular weight is 365 g/mol. The minimum absolute atomic E-state index is 0.0405. The SMILES string of the molecule is O=C(Nc1ccc([N+](=O)[O-])cc1)c1cnn2c(-c3cccs3)ccnc12. The largest absolute Gasteiger partial charge is 0.322 e. The summed E-state index contributed by atoms with van der Waals surface area (Å²) in [6.07, 6.45) is 3.09. The molecule has 0 bridgehead atoms. The first-order valence-corrected chi connectivity index (χ1v) is 8.44. The third-order valence-corrected chi connectivity index (χ3v) is 4.65. The maximum Gasteiger partial charge on any atom is 0.269 e. The summed E-state index contributed by atoms with van der Waals surface area (Å²) in [5.41, 5.74) is 2.02. The fourth-order valence-electron chi connectivity index (χ4n) is 2.53. The number of amides is 1. The molecule has 0 radical (unpaired) electrons. The second-order valence-corrected chi connectivity index (χ2v) is 6.31. The molecule has 26 heavy (non-hydrogen) atoms. The molecule has 1 N–H and O–H groups in total. The third kappa shape index (κ3) is 2.80. The van der Waals surface area contributed by atoms with Crippen molar-refractivity contribution < 1.29 is 9.72 Å². The van der Waals surface area contributed by atoms with Crippen LogP contribution in [0.1, 0.15) is 10.4 Å². The van der Waals surface area contributed by atoms with Crippen molar-refractivity contribution in [3.05, 3.63) is 75.9 Å². The van der Waals surface area contributed by atoms with Gasteiger partial charge in [-0.1, -0.05) is 6.07 Å². The van der Waals surface area contributed by atoms with Gasteiger partial charge in [0.2, 0.25) is 0 Å². The number of rotatable bonds is 4. The normalized spacial score (nSPS) is 10.8. The lowest BCUT2D eigenvalue weighted by Gasteiger charge is -2.04. The van der Waals surface area contributed by atoms with Gasteiger partial charge in [-0.3, -0.25) is 14.9 Å². The molecular weight excluding hydrogens is 354 g/mol. The van der Waals surface area contributed by atoms with Gasteiger partial charge in [0, 0.05) is 24.0 Å². The lowest BCUT2D eigenvalue weighted by atomic mass is 10.2. The fourth-order valence-corrected chi connectivity index (χ4v) is 3.26. The molecular formula is C17H11N5O3S. The van der Waals surface area contributed by atoms with Gasteiger partial charge in [-0.15, -0.1) is 11.3 Å². The van der Waals surface area contributed by atoms with Gasteiger partial charge < -0.3 is 5.32 Å². The zero-order chi connectivity index (χ0) is 18.1. The molecule has 4 aromatic rings. The molecule has 128 valence electrons. The number of nitro benzene ring substituents is 1. The highest BCUT2D eigenvalue weighted by Gasteiger charge is 2.17. The molecule has 9 heteroatoms. The molecule has 0 saturated heterocycles. The van der Waals surface area contributed by atoms with Gasteiger partial charge in [0.15, 0.2) is 5.65 Å². The number of hydrogen-bond donors (Lipinski definition) is 1. The second-order valence-electron chi connectivity index (χ2n) is 5.36. The summed E-state index contributed by atoms with van der Waals surface area (Å²) >= 11 is 1.57. The fraction of sp³-hybridized carbons (Fsp3) is 0. The topological polar surface area (TPSA) is 102 Å². The summed E-state index contributed by atoms with van der Waals surface area (Å²) in [5, 5.41) is 19.7. The number of fused-ring (bicyclic) bond motifs is 1. The predicted octanol–water partition coefficient (Wildman–Crippen LogP) is 3.62. The van der Waals surface area contributed by atoms with Crippen LogP contribution in [0.15, 0.2) is 60.2 Å². The van der Waals surface area contributed by atoms with Gasteiger partial charge in [-0.05, 0) is 29.6 Å². The lowest BCUT2D eigenvalue weighted by molar-refractivity contribution is -0.384. The summed E-state index contributed by atoms with van der Waals surface area (Å²) in [5.74, 6) is -0.385. The molecule has 0 aliphatic heterocycles. The van der Waals surface area contributed by atoms with Crippen LogP contribution in [-0.2, 0) is 0 Å². The number of nitrogens with zero attached hydrogens (tertiary/aromatic N) is 4. The van der Waals surface area contributed by atoms with Gasteiger partial charge in [-0.2, -0.15) is 5.10 Å². The van der Waals surface area contributed by atoms with Crippen molar-refractivity contribution in [3.63, 3.8) is 0 Å². The lowest BCUT2D eigenvalue weighted by Crippen LogP contribution is -2.12. The highest BCUT2D eigenvalue weighted by atomic mass is 32.1. The van der Waals surface area contributed by atoms with Crippen LogP contribution in [0.4, 0.5) is 11.4 Å². The summed E-state index contributed by atoms with van der Waals surface area (Å²) in [6.45, 7) is 0.